The van der Waals surface area contributed by atoms with Crippen molar-refractivity contribution in [3.8, 4) is 0 Å². The van der Waals surface area contributed by atoms with Gasteiger partial charge in [-0.2, -0.15) is 0 Å². The molecule has 1 heterocycles. The first-order valence-corrected chi connectivity index (χ1v) is 16.8. The molecule has 0 spiro atoms. The number of aliphatic hydroxyl groups is 2. The molecule has 6 atom stereocenters. The van der Waals surface area contributed by atoms with Crippen molar-refractivity contribution in [2.24, 2.45) is 29.6 Å². The minimum absolute atomic E-state index is 0.0567. The lowest BCUT2D eigenvalue weighted by molar-refractivity contribution is -0.141. The van der Waals surface area contributed by atoms with Crippen LogP contribution in [0.1, 0.15) is 110 Å². The van der Waals surface area contributed by atoms with Gasteiger partial charge in [-0.3, -0.25) is 19.4 Å². The molecule has 5 N–H and O–H groups in total. The first kappa shape index (κ1) is 35.0. The molecular formula is C34H56N4O5. The van der Waals surface area contributed by atoms with E-state index in [1.807, 2.05) is 39.8 Å². The number of carbonyl (C=O) groups excluding carboxylic acids is 3. The van der Waals surface area contributed by atoms with Gasteiger partial charge in [0.1, 0.15) is 12.1 Å². The number of hydrogen-bond donors (Lipinski definition) is 5. The molecule has 1 aromatic heterocycles. The molecule has 2 fully saturated rings. The zero-order valence-electron chi connectivity index (χ0n) is 26.8. The fourth-order valence-electron chi connectivity index (χ4n) is 6.78. The van der Waals surface area contributed by atoms with Crippen molar-refractivity contribution in [2.45, 2.75) is 136 Å². The van der Waals surface area contributed by atoms with Gasteiger partial charge in [0.2, 0.25) is 17.7 Å². The average molecular weight is 601 g/mol. The SMILES string of the molecule is CCC(C)C(NC(=O)[C@H](C(C)C)[C@@H](O)[C@H](O)[C@H](CC1CCCCC1)NC(=O)C1CCCCC1)C(=O)NCc1ccccn1. The summed E-state index contributed by atoms with van der Waals surface area (Å²) in [5.74, 6) is -2.01. The maximum atomic E-state index is 13.8. The van der Waals surface area contributed by atoms with Crippen molar-refractivity contribution in [3.05, 3.63) is 30.1 Å². The van der Waals surface area contributed by atoms with Crippen LogP contribution >= 0.6 is 0 Å². The number of rotatable bonds is 15. The second kappa shape index (κ2) is 17.7. The lowest BCUT2D eigenvalue weighted by atomic mass is 9.79. The number of aromatic nitrogens is 1. The summed E-state index contributed by atoms with van der Waals surface area (Å²) in [4.78, 5) is 44.5. The summed E-state index contributed by atoms with van der Waals surface area (Å²) >= 11 is 0. The number of hydrogen-bond acceptors (Lipinski definition) is 6. The van der Waals surface area contributed by atoms with Crippen LogP contribution in [0.4, 0.5) is 0 Å². The summed E-state index contributed by atoms with van der Waals surface area (Å²) in [5, 5.41) is 32.1. The molecule has 9 heteroatoms. The van der Waals surface area contributed by atoms with Crippen molar-refractivity contribution in [1.82, 2.24) is 20.9 Å². The molecule has 242 valence electrons. The number of carbonyl (C=O) groups is 3. The highest BCUT2D eigenvalue weighted by molar-refractivity contribution is 5.89. The van der Waals surface area contributed by atoms with Gasteiger partial charge < -0.3 is 26.2 Å². The van der Waals surface area contributed by atoms with Crippen molar-refractivity contribution in [1.29, 1.82) is 0 Å². The Labute approximate surface area is 258 Å². The van der Waals surface area contributed by atoms with Gasteiger partial charge in [0.05, 0.1) is 30.3 Å². The number of amides is 3. The van der Waals surface area contributed by atoms with Crippen molar-refractivity contribution < 1.29 is 24.6 Å². The van der Waals surface area contributed by atoms with E-state index in [1.165, 1.54) is 6.42 Å². The number of aliphatic hydroxyl groups excluding tert-OH is 2. The quantitative estimate of drug-likeness (QED) is 0.204. The lowest BCUT2D eigenvalue weighted by Crippen LogP contribution is -2.58. The van der Waals surface area contributed by atoms with Gasteiger partial charge in [-0.1, -0.05) is 91.5 Å². The maximum absolute atomic E-state index is 13.8. The van der Waals surface area contributed by atoms with Gasteiger partial charge in [-0.25, -0.2) is 0 Å². The Morgan fingerprint density at radius 1 is 0.884 bits per heavy atom. The molecule has 2 aliphatic rings. The Morgan fingerprint density at radius 3 is 2.12 bits per heavy atom. The molecule has 0 aliphatic heterocycles. The third kappa shape index (κ3) is 10.6. The summed E-state index contributed by atoms with van der Waals surface area (Å²) in [5.41, 5.74) is 0.711. The molecule has 1 aromatic rings. The molecule has 9 nitrogen and oxygen atoms in total. The van der Waals surface area contributed by atoms with Crippen molar-refractivity contribution >= 4 is 17.7 Å². The molecule has 0 aromatic carbocycles. The highest BCUT2D eigenvalue weighted by Gasteiger charge is 2.41. The Morgan fingerprint density at radius 2 is 1.53 bits per heavy atom. The second-order valence-corrected chi connectivity index (χ2v) is 13.4. The molecule has 3 rings (SSSR count). The molecule has 0 saturated heterocycles. The maximum Gasteiger partial charge on any atom is 0.243 e. The van der Waals surface area contributed by atoms with E-state index in [1.54, 1.807) is 12.3 Å². The third-order valence-corrected chi connectivity index (χ3v) is 9.73. The molecule has 0 bridgehead atoms. The third-order valence-electron chi connectivity index (χ3n) is 9.73. The Hall–Kier alpha value is -2.52. The van der Waals surface area contributed by atoms with Crippen LogP contribution in [0.3, 0.4) is 0 Å². The van der Waals surface area contributed by atoms with E-state index in [-0.39, 0.29) is 36.1 Å². The predicted molar refractivity (Wildman–Crippen MR) is 168 cm³/mol. The van der Waals surface area contributed by atoms with Crippen LogP contribution in [0.5, 0.6) is 0 Å². The summed E-state index contributed by atoms with van der Waals surface area (Å²) in [6, 6.07) is 4.02. The highest BCUT2D eigenvalue weighted by Crippen LogP contribution is 2.31. The van der Waals surface area contributed by atoms with E-state index in [9.17, 15) is 24.6 Å². The lowest BCUT2D eigenvalue weighted by Gasteiger charge is -2.37. The first-order chi connectivity index (χ1) is 20.6. The normalized spacial score (nSPS) is 20.8. The van der Waals surface area contributed by atoms with Gasteiger partial charge >= 0.3 is 0 Å². The van der Waals surface area contributed by atoms with Gasteiger partial charge in [-0.05, 0) is 49.1 Å². The molecule has 0 radical (unpaired) electrons. The number of nitrogens with zero attached hydrogens (tertiary/aromatic N) is 1. The van der Waals surface area contributed by atoms with E-state index in [0.717, 1.165) is 57.8 Å². The Kier molecular flexibility index (Phi) is 14.4. The van der Waals surface area contributed by atoms with E-state index in [4.69, 9.17) is 0 Å². The molecule has 2 aliphatic carbocycles. The smallest absolute Gasteiger partial charge is 0.243 e. The zero-order chi connectivity index (χ0) is 31.4. The topological polar surface area (TPSA) is 141 Å². The summed E-state index contributed by atoms with van der Waals surface area (Å²) < 4.78 is 0. The van der Waals surface area contributed by atoms with E-state index in [2.05, 4.69) is 20.9 Å². The minimum atomic E-state index is -1.41. The molecule has 3 amide bonds. The van der Waals surface area contributed by atoms with Gasteiger partial charge in [0, 0.05) is 12.1 Å². The Balaban J connectivity index is 1.74. The van der Waals surface area contributed by atoms with Crippen LogP contribution in [0, 0.1) is 29.6 Å². The van der Waals surface area contributed by atoms with E-state index >= 15 is 0 Å². The summed E-state index contributed by atoms with van der Waals surface area (Å²) in [6.45, 7) is 7.76. The standard InChI is InChI=1S/C34H56N4O5/c1-5-23(4)29(34(43)36-21-26-18-12-13-19-35-26)38-33(42)28(22(2)3)31(40)30(39)27(20-24-14-8-6-9-15-24)37-32(41)25-16-10-7-11-17-25/h12-13,18-19,22-25,27-31,39-40H,5-11,14-17,20-21H2,1-4H3,(H,36,43)(H,37,41)(H,38,42)/t23?,27-,28+,29?,30+,31+/m0/s1. The van der Waals surface area contributed by atoms with Gasteiger partial charge in [0.15, 0.2) is 0 Å². The fraction of sp³-hybridized carbons (Fsp3) is 0.765. The second-order valence-electron chi connectivity index (χ2n) is 13.4. The highest BCUT2D eigenvalue weighted by atomic mass is 16.3. The monoisotopic (exact) mass is 600 g/mol. The number of pyridine rings is 1. The first-order valence-electron chi connectivity index (χ1n) is 16.8. The van der Waals surface area contributed by atoms with Crippen molar-refractivity contribution in [3.63, 3.8) is 0 Å². The van der Waals surface area contributed by atoms with E-state index in [0.29, 0.717) is 24.5 Å². The average Bonchev–Trinajstić information content (AvgIpc) is 3.02. The van der Waals surface area contributed by atoms with Crippen molar-refractivity contribution in [2.75, 3.05) is 0 Å². The van der Waals surface area contributed by atoms with Crippen LogP contribution in [0.2, 0.25) is 0 Å². The fourth-order valence-corrected chi connectivity index (χ4v) is 6.78. The van der Waals surface area contributed by atoms with Gasteiger partial charge in [0.25, 0.3) is 0 Å². The molecule has 2 unspecified atom stereocenters. The van der Waals surface area contributed by atoms with Crippen LogP contribution in [0.15, 0.2) is 24.4 Å². The summed E-state index contributed by atoms with van der Waals surface area (Å²) in [6.07, 6.45) is 10.6. The largest absolute Gasteiger partial charge is 0.390 e. The molecular weight excluding hydrogens is 544 g/mol. The minimum Gasteiger partial charge on any atom is -0.390 e. The van der Waals surface area contributed by atoms with Crippen LogP contribution < -0.4 is 16.0 Å². The molecule has 2 saturated carbocycles. The van der Waals surface area contributed by atoms with Crippen LogP contribution in [-0.2, 0) is 20.9 Å². The number of nitrogens with one attached hydrogen (secondary N) is 3. The van der Waals surface area contributed by atoms with Gasteiger partial charge in [-0.15, -0.1) is 0 Å². The summed E-state index contributed by atoms with van der Waals surface area (Å²) in [7, 11) is 0. The van der Waals surface area contributed by atoms with Crippen LogP contribution in [-0.4, -0.2) is 57.2 Å². The van der Waals surface area contributed by atoms with Crippen LogP contribution in [0.25, 0.3) is 0 Å². The van der Waals surface area contributed by atoms with E-state index < -0.39 is 36.1 Å². The predicted octanol–water partition coefficient (Wildman–Crippen LogP) is 4.26. The molecule has 43 heavy (non-hydrogen) atoms. The zero-order valence-corrected chi connectivity index (χ0v) is 26.8. The Bertz CT molecular complexity index is 994.